The summed E-state index contributed by atoms with van der Waals surface area (Å²) < 4.78 is 7.85. The molecular weight excluding hydrogens is 511 g/mol. The van der Waals surface area contributed by atoms with Crippen LogP contribution in [0, 0.1) is 0 Å². The van der Waals surface area contributed by atoms with E-state index in [1.807, 2.05) is 22.7 Å². The Labute approximate surface area is 232 Å². The van der Waals surface area contributed by atoms with E-state index in [0.29, 0.717) is 0 Å². The van der Waals surface area contributed by atoms with Gasteiger partial charge in [-0.2, -0.15) is 0 Å². The van der Waals surface area contributed by atoms with Gasteiger partial charge in [0.15, 0.2) is 0 Å². The second-order valence-electron chi connectivity index (χ2n) is 10.1. The van der Waals surface area contributed by atoms with Gasteiger partial charge in [0.2, 0.25) is 0 Å². The van der Waals surface area contributed by atoms with Crippen molar-refractivity contribution in [3.8, 4) is 16.8 Å². The fourth-order valence-corrected chi connectivity index (χ4v) is 8.56. The lowest BCUT2D eigenvalue weighted by molar-refractivity contribution is 1.18. The number of rotatable bonds is 2. The SMILES string of the molecule is c1ccc(-c2ccc(-n3c4ccc5sc6ccccc6c5c4c4c5c(ccc43)sc3ccccc35)cc2)cc1. The maximum absolute atomic E-state index is 2.47. The van der Waals surface area contributed by atoms with Crippen molar-refractivity contribution in [3.05, 3.63) is 127 Å². The zero-order valence-electron chi connectivity index (χ0n) is 20.9. The largest absolute Gasteiger partial charge is 0.309 e. The van der Waals surface area contributed by atoms with E-state index in [9.17, 15) is 0 Å². The Hall–Kier alpha value is -4.44. The molecule has 0 aliphatic carbocycles. The number of nitrogens with zero attached hydrogens (tertiary/aromatic N) is 1. The Bertz CT molecular complexity index is 2240. The van der Waals surface area contributed by atoms with E-state index >= 15 is 0 Å². The van der Waals surface area contributed by atoms with E-state index in [-0.39, 0.29) is 0 Å². The molecule has 6 aromatic carbocycles. The van der Waals surface area contributed by atoms with E-state index < -0.39 is 0 Å². The molecule has 3 aromatic heterocycles. The van der Waals surface area contributed by atoms with Crippen molar-refractivity contribution >= 4 is 84.8 Å². The van der Waals surface area contributed by atoms with Crippen LogP contribution in [0.3, 0.4) is 0 Å². The molecule has 0 atom stereocenters. The van der Waals surface area contributed by atoms with Crippen LogP contribution < -0.4 is 0 Å². The number of thiophene rings is 2. The fourth-order valence-electron chi connectivity index (χ4n) is 6.33. The molecule has 182 valence electrons. The van der Waals surface area contributed by atoms with Crippen molar-refractivity contribution in [2.75, 3.05) is 0 Å². The Morgan fingerprint density at radius 3 is 1.41 bits per heavy atom. The number of hydrogen-bond acceptors (Lipinski definition) is 2. The van der Waals surface area contributed by atoms with Crippen molar-refractivity contribution in [2.45, 2.75) is 0 Å². The summed E-state index contributed by atoms with van der Waals surface area (Å²) in [5, 5.41) is 8.17. The van der Waals surface area contributed by atoms with E-state index in [1.54, 1.807) is 0 Å². The lowest BCUT2D eigenvalue weighted by Gasteiger charge is -2.09. The summed E-state index contributed by atoms with van der Waals surface area (Å²) in [4.78, 5) is 0. The standard InChI is InChI=1S/C36H21NS2/c1-2-8-22(9-3-1)23-14-16-24(17-15-23)37-27-18-20-31-33(25-10-4-6-12-29(25)38-31)35(27)36-28(37)19-21-32-34(36)26-11-5-7-13-30(26)39-32/h1-21H. The van der Waals surface area contributed by atoms with Gasteiger partial charge in [-0.25, -0.2) is 0 Å². The average Bonchev–Trinajstić information content (AvgIpc) is 3.66. The highest BCUT2D eigenvalue weighted by Gasteiger charge is 2.21. The smallest absolute Gasteiger partial charge is 0.0548 e. The Kier molecular flexibility index (Phi) is 4.43. The highest BCUT2D eigenvalue weighted by Crippen LogP contribution is 2.48. The summed E-state index contributed by atoms with van der Waals surface area (Å²) in [5.41, 5.74) is 6.18. The van der Waals surface area contributed by atoms with Crippen LogP contribution in [0.15, 0.2) is 127 Å². The molecule has 0 saturated heterocycles. The fraction of sp³-hybridized carbons (Fsp3) is 0. The van der Waals surface area contributed by atoms with Crippen LogP contribution in [0.1, 0.15) is 0 Å². The maximum Gasteiger partial charge on any atom is 0.0548 e. The molecule has 0 unspecified atom stereocenters. The molecule has 1 nitrogen and oxygen atoms in total. The molecule has 0 N–H and O–H groups in total. The van der Waals surface area contributed by atoms with Gasteiger partial charge in [0.1, 0.15) is 0 Å². The van der Waals surface area contributed by atoms with Gasteiger partial charge < -0.3 is 4.57 Å². The van der Waals surface area contributed by atoms with Gasteiger partial charge in [0.05, 0.1) is 11.0 Å². The quantitative estimate of drug-likeness (QED) is 0.209. The van der Waals surface area contributed by atoms with Gasteiger partial charge in [-0.05, 0) is 59.7 Å². The summed E-state index contributed by atoms with van der Waals surface area (Å²) in [7, 11) is 0. The summed E-state index contributed by atoms with van der Waals surface area (Å²) in [6, 6.07) is 46.7. The van der Waals surface area contributed by atoms with Crippen LogP contribution in [-0.2, 0) is 0 Å². The Balaban J connectivity index is 1.47. The third kappa shape index (κ3) is 3.00. The topological polar surface area (TPSA) is 4.93 Å². The van der Waals surface area contributed by atoms with Crippen LogP contribution in [0.4, 0.5) is 0 Å². The minimum atomic E-state index is 1.19. The predicted molar refractivity (Wildman–Crippen MR) is 172 cm³/mol. The number of benzene rings is 6. The lowest BCUT2D eigenvalue weighted by atomic mass is 10.0. The minimum absolute atomic E-state index is 1.19. The molecule has 0 aliphatic heterocycles. The molecule has 3 heterocycles. The molecule has 39 heavy (non-hydrogen) atoms. The third-order valence-electron chi connectivity index (χ3n) is 8.01. The first-order valence-corrected chi connectivity index (χ1v) is 14.8. The van der Waals surface area contributed by atoms with Gasteiger partial charge in [-0.3, -0.25) is 0 Å². The monoisotopic (exact) mass is 531 g/mol. The third-order valence-corrected chi connectivity index (χ3v) is 10.3. The summed E-state index contributed by atoms with van der Waals surface area (Å²) >= 11 is 3.79. The summed E-state index contributed by atoms with van der Waals surface area (Å²) in [6.07, 6.45) is 0. The molecule has 0 amide bonds. The highest BCUT2D eigenvalue weighted by atomic mass is 32.1. The average molecular weight is 532 g/mol. The van der Waals surface area contributed by atoms with Crippen LogP contribution in [0.5, 0.6) is 0 Å². The molecule has 0 radical (unpaired) electrons. The van der Waals surface area contributed by atoms with Crippen LogP contribution >= 0.6 is 22.7 Å². The van der Waals surface area contributed by atoms with E-state index in [0.717, 1.165) is 0 Å². The first-order chi connectivity index (χ1) is 19.3. The molecule has 9 aromatic rings. The van der Waals surface area contributed by atoms with E-state index in [2.05, 4.69) is 132 Å². The molecule has 0 bridgehead atoms. The predicted octanol–water partition coefficient (Wildman–Crippen LogP) is 11.2. The van der Waals surface area contributed by atoms with Crippen molar-refractivity contribution < 1.29 is 0 Å². The molecule has 0 saturated carbocycles. The van der Waals surface area contributed by atoms with Gasteiger partial charge in [-0.15, -0.1) is 22.7 Å². The Morgan fingerprint density at radius 2 is 0.846 bits per heavy atom. The zero-order valence-corrected chi connectivity index (χ0v) is 22.5. The Morgan fingerprint density at radius 1 is 0.359 bits per heavy atom. The molecular formula is C36H21NS2. The highest BCUT2D eigenvalue weighted by molar-refractivity contribution is 7.26. The molecule has 9 rings (SSSR count). The van der Waals surface area contributed by atoms with E-state index in [4.69, 9.17) is 0 Å². The maximum atomic E-state index is 2.47. The van der Waals surface area contributed by atoms with Crippen molar-refractivity contribution in [1.82, 2.24) is 4.57 Å². The molecule has 3 heteroatoms. The zero-order chi connectivity index (χ0) is 25.5. The minimum Gasteiger partial charge on any atom is -0.309 e. The van der Waals surface area contributed by atoms with Crippen LogP contribution in [0.25, 0.3) is 79.0 Å². The number of fused-ring (bicyclic) bond motifs is 11. The summed E-state index contributed by atoms with van der Waals surface area (Å²) in [6.45, 7) is 0. The van der Waals surface area contributed by atoms with E-state index in [1.165, 1.54) is 79.0 Å². The second-order valence-corrected chi connectivity index (χ2v) is 12.3. The molecule has 0 fully saturated rings. The first-order valence-electron chi connectivity index (χ1n) is 13.2. The molecule has 0 aliphatic rings. The van der Waals surface area contributed by atoms with Crippen LogP contribution in [0.2, 0.25) is 0 Å². The lowest BCUT2D eigenvalue weighted by Crippen LogP contribution is -1.93. The normalized spacial score (nSPS) is 12.1. The van der Waals surface area contributed by atoms with Crippen molar-refractivity contribution in [1.29, 1.82) is 0 Å². The number of hydrogen-bond donors (Lipinski definition) is 0. The van der Waals surface area contributed by atoms with Gasteiger partial charge in [0.25, 0.3) is 0 Å². The van der Waals surface area contributed by atoms with Crippen LogP contribution in [-0.4, -0.2) is 4.57 Å². The van der Waals surface area contributed by atoms with Gasteiger partial charge in [0, 0.05) is 56.8 Å². The summed E-state index contributed by atoms with van der Waals surface area (Å²) in [5.74, 6) is 0. The van der Waals surface area contributed by atoms with Gasteiger partial charge in [-0.1, -0.05) is 78.9 Å². The second kappa shape index (κ2) is 8.03. The van der Waals surface area contributed by atoms with Crippen molar-refractivity contribution in [2.24, 2.45) is 0 Å². The number of aromatic nitrogens is 1. The van der Waals surface area contributed by atoms with Crippen molar-refractivity contribution in [3.63, 3.8) is 0 Å². The van der Waals surface area contributed by atoms with Gasteiger partial charge >= 0.3 is 0 Å². The first kappa shape index (κ1) is 21.5. The molecule has 0 spiro atoms.